The number of nitrogens with zero attached hydrogens (tertiary/aromatic N) is 3. The van der Waals surface area contributed by atoms with Gasteiger partial charge in [-0.25, -0.2) is 14.6 Å². The number of rotatable bonds is 14. The maximum atomic E-state index is 13.0. The number of amides is 2. The Morgan fingerprint density at radius 2 is 1.77 bits per heavy atom. The van der Waals surface area contributed by atoms with Crippen LogP contribution < -0.4 is 15.8 Å². The van der Waals surface area contributed by atoms with Crippen molar-refractivity contribution in [1.29, 1.82) is 0 Å². The van der Waals surface area contributed by atoms with E-state index in [4.69, 9.17) is 11.5 Å². The van der Waals surface area contributed by atoms with Gasteiger partial charge in [0.05, 0.1) is 23.5 Å². The molecule has 246 valence electrons. The third-order valence-corrected chi connectivity index (χ3v) is 8.26. The van der Waals surface area contributed by atoms with E-state index in [-0.39, 0.29) is 36.6 Å². The van der Waals surface area contributed by atoms with Gasteiger partial charge in [0, 0.05) is 31.1 Å². The highest BCUT2D eigenvalue weighted by molar-refractivity contribution is 5.97. The Bertz CT molecular complexity index is 1810. The lowest BCUT2D eigenvalue weighted by Crippen LogP contribution is -2.45. The average molecular weight is 646 g/mol. The molecule has 3 atom stereocenters. The summed E-state index contributed by atoms with van der Waals surface area (Å²) in [6, 6.07) is 7.24. The molecule has 1 aliphatic rings. The van der Waals surface area contributed by atoms with E-state index in [2.05, 4.69) is 21.2 Å². The van der Waals surface area contributed by atoms with E-state index >= 15 is 0 Å². The summed E-state index contributed by atoms with van der Waals surface area (Å²) in [5, 5.41) is 30.8. The summed E-state index contributed by atoms with van der Waals surface area (Å²) in [5.41, 5.74) is 3.31. The van der Waals surface area contributed by atoms with Gasteiger partial charge in [-0.15, -0.1) is 6.42 Å². The van der Waals surface area contributed by atoms with Gasteiger partial charge >= 0.3 is 17.9 Å². The van der Waals surface area contributed by atoms with Crippen molar-refractivity contribution >= 4 is 46.3 Å². The smallest absolute Gasteiger partial charge is 0.326 e. The topological polar surface area (TPSA) is 210 Å². The van der Waals surface area contributed by atoms with E-state index in [1.807, 2.05) is 17.0 Å². The number of hydrogen-bond donors (Lipinski definition) is 5. The molecule has 2 amide bonds. The number of H-pyrrole nitrogens is 1. The van der Waals surface area contributed by atoms with Crippen LogP contribution in [0.2, 0.25) is 0 Å². The molecule has 4 rings (SSSR count). The quantitative estimate of drug-likeness (QED) is 0.160. The van der Waals surface area contributed by atoms with Crippen LogP contribution in [0.1, 0.15) is 65.5 Å². The number of carbonyl (C=O) groups is 5. The second-order valence-electron chi connectivity index (χ2n) is 11.3. The van der Waals surface area contributed by atoms with E-state index in [1.165, 1.54) is 19.2 Å². The number of aromatic amines is 1. The van der Waals surface area contributed by atoms with Crippen LogP contribution in [-0.4, -0.2) is 85.6 Å². The number of carboxylic acids is 3. The lowest BCUT2D eigenvalue weighted by Gasteiger charge is -2.30. The molecular formula is C33H35N5O9. The minimum atomic E-state index is -1.45. The number of likely N-dealkylation sites (N-methyl/N-ethyl adjacent to an activating group) is 1. The van der Waals surface area contributed by atoms with Crippen molar-refractivity contribution in [3.8, 4) is 12.3 Å². The van der Waals surface area contributed by atoms with Crippen LogP contribution in [0, 0.1) is 19.3 Å². The summed E-state index contributed by atoms with van der Waals surface area (Å²) < 4.78 is 0. The van der Waals surface area contributed by atoms with Gasteiger partial charge in [-0.1, -0.05) is 5.92 Å². The minimum absolute atomic E-state index is 0.136. The highest BCUT2D eigenvalue weighted by atomic mass is 16.4. The Balaban J connectivity index is 1.45. The monoisotopic (exact) mass is 645 g/mol. The van der Waals surface area contributed by atoms with Gasteiger partial charge in [-0.2, -0.15) is 0 Å². The predicted molar refractivity (Wildman–Crippen MR) is 170 cm³/mol. The molecule has 1 heterocycles. The summed E-state index contributed by atoms with van der Waals surface area (Å²) >= 11 is 0. The number of anilines is 1. The molecule has 47 heavy (non-hydrogen) atoms. The molecule has 14 nitrogen and oxygen atoms in total. The largest absolute Gasteiger partial charge is 0.481 e. The fourth-order valence-electron chi connectivity index (χ4n) is 5.81. The minimum Gasteiger partial charge on any atom is -0.481 e. The Labute approximate surface area is 269 Å². The number of terminal acetylenes is 1. The fourth-order valence-corrected chi connectivity index (χ4v) is 5.81. The van der Waals surface area contributed by atoms with Crippen molar-refractivity contribution in [1.82, 2.24) is 20.2 Å². The lowest BCUT2D eigenvalue weighted by atomic mass is 10.0. The zero-order valence-electron chi connectivity index (χ0n) is 25.9. The van der Waals surface area contributed by atoms with E-state index in [9.17, 15) is 39.0 Å². The molecule has 0 fully saturated rings. The van der Waals surface area contributed by atoms with Crippen LogP contribution in [0.4, 0.5) is 5.69 Å². The molecule has 3 aromatic rings. The molecule has 0 radical (unpaired) electrons. The summed E-state index contributed by atoms with van der Waals surface area (Å²) in [4.78, 5) is 82.6. The Morgan fingerprint density at radius 1 is 1.06 bits per heavy atom. The van der Waals surface area contributed by atoms with E-state index < -0.39 is 54.6 Å². The molecular weight excluding hydrogens is 610 g/mol. The second kappa shape index (κ2) is 14.6. The third-order valence-electron chi connectivity index (χ3n) is 8.26. The molecule has 14 heteroatoms. The second-order valence-corrected chi connectivity index (χ2v) is 11.3. The van der Waals surface area contributed by atoms with Crippen molar-refractivity contribution in [2.24, 2.45) is 0 Å². The predicted octanol–water partition coefficient (Wildman–Crippen LogP) is 2.10. The van der Waals surface area contributed by atoms with Gasteiger partial charge < -0.3 is 35.4 Å². The molecule has 0 spiro atoms. The van der Waals surface area contributed by atoms with Gasteiger partial charge in [0.2, 0.25) is 5.91 Å². The Kier molecular flexibility index (Phi) is 10.6. The lowest BCUT2D eigenvalue weighted by molar-refractivity contribution is -0.150. The molecule has 0 bridgehead atoms. The summed E-state index contributed by atoms with van der Waals surface area (Å²) in [7, 11) is 1.20. The normalized spacial score (nSPS) is 14.8. The maximum Gasteiger partial charge on any atom is 0.326 e. The summed E-state index contributed by atoms with van der Waals surface area (Å²) in [6.45, 7) is 1.98. The van der Waals surface area contributed by atoms with Gasteiger partial charge in [0.25, 0.3) is 11.5 Å². The fraction of sp³-hybridized carbons (Fsp3) is 0.364. The van der Waals surface area contributed by atoms with Crippen molar-refractivity contribution < 1.29 is 39.3 Å². The zero-order chi connectivity index (χ0) is 34.4. The first-order chi connectivity index (χ1) is 22.3. The Morgan fingerprint density at radius 3 is 2.38 bits per heavy atom. The number of aromatic nitrogens is 2. The SMILES string of the molecule is C#CCN(c1ccc(C(=O)N[C@@H](CCC(=O)N(C)[C@H](CCC(=O)O)C(=O)O)C(=O)O)cc1)[C@H]1CCc2cc3nc(C)[nH]c(=O)c3cc21. The van der Waals surface area contributed by atoms with Gasteiger partial charge in [0.1, 0.15) is 17.9 Å². The average Bonchev–Trinajstić information content (AvgIpc) is 3.42. The number of benzene rings is 2. The van der Waals surface area contributed by atoms with Gasteiger partial charge in [-0.05, 0) is 80.1 Å². The van der Waals surface area contributed by atoms with Crippen LogP contribution in [0.25, 0.3) is 10.9 Å². The van der Waals surface area contributed by atoms with Crippen LogP contribution in [-0.2, 0) is 25.6 Å². The van der Waals surface area contributed by atoms with Crippen LogP contribution >= 0.6 is 0 Å². The number of fused-ring (bicyclic) bond motifs is 2. The highest BCUT2D eigenvalue weighted by Gasteiger charge is 2.31. The first kappa shape index (κ1) is 34.2. The molecule has 1 aromatic heterocycles. The van der Waals surface area contributed by atoms with Crippen LogP contribution in [0.5, 0.6) is 0 Å². The first-order valence-corrected chi connectivity index (χ1v) is 14.9. The maximum absolute atomic E-state index is 13.0. The molecule has 5 N–H and O–H groups in total. The summed E-state index contributed by atoms with van der Waals surface area (Å²) in [5.74, 6) is -2.19. The molecule has 2 aromatic carbocycles. The standard InChI is InChI=1S/C33H35N5O9/c1-4-15-38(26-11-7-20-16-25-23(17-22(20)26)31(43)35-18(2)34-25)21-8-5-19(6-9-21)30(42)36-24(32(44)45)10-13-28(39)37(3)27(33(46)47)12-14-29(40)41/h1,5-6,8-9,16-17,24,26-27H,7,10-15H2,2-3H3,(H,36,42)(H,40,41)(H,44,45)(H,46,47)(H,34,35,43)/t24-,26-,27+/m0/s1. The van der Waals surface area contributed by atoms with Gasteiger partial charge in [-0.3, -0.25) is 19.2 Å². The van der Waals surface area contributed by atoms with Crippen LogP contribution in [0.3, 0.4) is 0 Å². The zero-order valence-corrected chi connectivity index (χ0v) is 25.9. The number of hydrogen-bond acceptors (Lipinski definition) is 8. The van der Waals surface area contributed by atoms with Crippen molar-refractivity contribution in [3.63, 3.8) is 0 Å². The third kappa shape index (κ3) is 7.93. The van der Waals surface area contributed by atoms with Crippen molar-refractivity contribution in [2.75, 3.05) is 18.5 Å². The number of carbonyl (C=O) groups excluding carboxylic acids is 2. The van der Waals surface area contributed by atoms with Crippen LogP contribution in [0.15, 0.2) is 41.2 Å². The number of carboxylic acid groups (broad SMARTS) is 3. The molecule has 0 unspecified atom stereocenters. The Hall–Kier alpha value is -5.71. The number of aliphatic carboxylic acids is 3. The molecule has 0 saturated heterocycles. The summed E-state index contributed by atoms with van der Waals surface area (Å²) in [6.07, 6.45) is 5.72. The van der Waals surface area contributed by atoms with Crippen molar-refractivity contribution in [3.05, 3.63) is 69.3 Å². The number of aryl methyl sites for hydroxylation is 2. The van der Waals surface area contributed by atoms with Gasteiger partial charge in [0.15, 0.2) is 0 Å². The number of nitrogens with one attached hydrogen (secondary N) is 2. The van der Waals surface area contributed by atoms with E-state index in [0.29, 0.717) is 22.4 Å². The molecule has 0 saturated carbocycles. The van der Waals surface area contributed by atoms with Crippen molar-refractivity contribution in [2.45, 2.75) is 63.6 Å². The molecule has 1 aliphatic carbocycles. The first-order valence-electron chi connectivity index (χ1n) is 14.9. The van der Waals surface area contributed by atoms with E-state index in [0.717, 1.165) is 28.9 Å². The van der Waals surface area contributed by atoms with E-state index in [1.54, 1.807) is 19.1 Å². The highest BCUT2D eigenvalue weighted by Crippen LogP contribution is 2.39. The molecule has 0 aliphatic heterocycles.